The lowest BCUT2D eigenvalue weighted by Crippen LogP contribution is -2.42. The quantitative estimate of drug-likeness (QED) is 0.298. The first-order chi connectivity index (χ1) is 17.7. The standard InChI is InChI=1S/C25H27FN8O3/c1-25(2,36)23(26)14-29-24(35)19-13-28-21(22-5-4-18-8-16(10-27)11-31-34(18)22)9-20(19)32-17-12-30-33(15-17)6-7-37-3/h4-5,8-9,11-13,15,23,36H,6-7,14H2,1-3H3,(H,28,32)(H,29,35)/t23-/m1/s1. The van der Waals surface area contributed by atoms with Gasteiger partial charge in [0.25, 0.3) is 5.91 Å². The summed E-state index contributed by atoms with van der Waals surface area (Å²) in [5.74, 6) is -0.558. The average Bonchev–Trinajstić information content (AvgIpc) is 3.51. The SMILES string of the molecule is COCCn1cc(Nc2cc(-c3ccc4cc(C#N)cnn34)ncc2C(=O)NC[C@@H](F)C(C)(C)O)cn1. The van der Waals surface area contributed by atoms with Gasteiger partial charge in [-0.3, -0.25) is 14.5 Å². The van der Waals surface area contributed by atoms with Gasteiger partial charge in [-0.15, -0.1) is 0 Å². The van der Waals surface area contributed by atoms with Gasteiger partial charge < -0.3 is 20.5 Å². The molecular weight excluding hydrogens is 479 g/mol. The van der Waals surface area contributed by atoms with E-state index in [2.05, 4.69) is 31.9 Å². The van der Waals surface area contributed by atoms with E-state index in [9.17, 15) is 14.3 Å². The minimum absolute atomic E-state index is 0.178. The zero-order valence-corrected chi connectivity index (χ0v) is 20.6. The van der Waals surface area contributed by atoms with Crippen LogP contribution in [0.2, 0.25) is 0 Å². The Labute approximate surface area is 212 Å². The Morgan fingerprint density at radius 3 is 2.81 bits per heavy atom. The van der Waals surface area contributed by atoms with Crippen LogP contribution in [0.3, 0.4) is 0 Å². The summed E-state index contributed by atoms with van der Waals surface area (Å²) in [5, 5.41) is 33.3. The van der Waals surface area contributed by atoms with Crippen molar-refractivity contribution in [3.8, 4) is 17.5 Å². The number of nitrogens with zero attached hydrogens (tertiary/aromatic N) is 6. The molecule has 0 spiro atoms. The Morgan fingerprint density at radius 1 is 1.27 bits per heavy atom. The fraction of sp³-hybridized carbons (Fsp3) is 0.320. The Hall–Kier alpha value is -4.34. The van der Waals surface area contributed by atoms with Crippen LogP contribution in [0.5, 0.6) is 0 Å². The molecule has 1 amide bonds. The molecule has 0 aliphatic rings. The first kappa shape index (κ1) is 25.7. The van der Waals surface area contributed by atoms with Crippen molar-refractivity contribution in [2.24, 2.45) is 0 Å². The van der Waals surface area contributed by atoms with Crippen LogP contribution in [-0.2, 0) is 11.3 Å². The summed E-state index contributed by atoms with van der Waals surface area (Å²) in [7, 11) is 1.60. The van der Waals surface area contributed by atoms with Crippen LogP contribution in [0.15, 0.2) is 49.1 Å². The Balaban J connectivity index is 1.68. The normalized spacial score (nSPS) is 12.3. The van der Waals surface area contributed by atoms with E-state index in [0.717, 1.165) is 0 Å². The maximum Gasteiger partial charge on any atom is 0.255 e. The molecule has 12 heteroatoms. The zero-order valence-electron chi connectivity index (χ0n) is 20.6. The second-order valence-electron chi connectivity index (χ2n) is 8.97. The van der Waals surface area contributed by atoms with E-state index in [1.165, 1.54) is 26.2 Å². The number of anilines is 2. The number of carbonyl (C=O) groups is 1. The number of hydrogen-bond donors (Lipinski definition) is 3. The van der Waals surface area contributed by atoms with Gasteiger partial charge >= 0.3 is 0 Å². The maximum absolute atomic E-state index is 14.2. The van der Waals surface area contributed by atoms with Gasteiger partial charge in [0.1, 0.15) is 12.2 Å². The Kier molecular flexibility index (Phi) is 7.47. The van der Waals surface area contributed by atoms with Crippen molar-refractivity contribution in [1.29, 1.82) is 5.26 Å². The van der Waals surface area contributed by atoms with Crippen molar-refractivity contribution in [3.63, 3.8) is 0 Å². The molecule has 0 aliphatic carbocycles. The molecule has 11 nitrogen and oxygen atoms in total. The number of methoxy groups -OCH3 is 1. The number of amides is 1. The summed E-state index contributed by atoms with van der Waals surface area (Å²) in [6.45, 7) is 3.34. The number of halogens is 1. The molecule has 0 aliphatic heterocycles. The third-order valence-electron chi connectivity index (χ3n) is 5.69. The summed E-state index contributed by atoms with van der Waals surface area (Å²) in [5.41, 5.74) is 1.93. The van der Waals surface area contributed by atoms with Crippen LogP contribution < -0.4 is 10.6 Å². The van der Waals surface area contributed by atoms with E-state index in [0.29, 0.717) is 47.0 Å². The van der Waals surface area contributed by atoms with Crippen molar-refractivity contribution >= 4 is 22.8 Å². The van der Waals surface area contributed by atoms with Gasteiger partial charge in [-0.25, -0.2) is 8.91 Å². The molecule has 4 aromatic heterocycles. The predicted molar refractivity (Wildman–Crippen MR) is 134 cm³/mol. The van der Waals surface area contributed by atoms with Crippen molar-refractivity contribution < 1.29 is 19.0 Å². The van der Waals surface area contributed by atoms with Gasteiger partial charge in [0.05, 0.1) is 77.1 Å². The number of hydrogen-bond acceptors (Lipinski definition) is 8. The van der Waals surface area contributed by atoms with Crippen LogP contribution in [0.1, 0.15) is 29.8 Å². The van der Waals surface area contributed by atoms with Crippen LogP contribution in [0.4, 0.5) is 15.8 Å². The highest BCUT2D eigenvalue weighted by molar-refractivity contribution is 6.00. The van der Waals surface area contributed by atoms with E-state index < -0.39 is 17.7 Å². The summed E-state index contributed by atoms with van der Waals surface area (Å²) in [6, 6.07) is 9.09. The first-order valence-corrected chi connectivity index (χ1v) is 11.5. The third-order valence-corrected chi connectivity index (χ3v) is 5.69. The lowest BCUT2D eigenvalue weighted by atomic mass is 10.0. The van der Waals surface area contributed by atoms with Crippen molar-refractivity contribution in [2.75, 3.05) is 25.6 Å². The number of carbonyl (C=O) groups excluding carboxylic acids is 1. The number of fused-ring (bicyclic) bond motifs is 1. The summed E-state index contributed by atoms with van der Waals surface area (Å²) >= 11 is 0. The molecule has 4 rings (SSSR count). The van der Waals surface area contributed by atoms with Crippen LogP contribution >= 0.6 is 0 Å². The summed E-state index contributed by atoms with van der Waals surface area (Å²) in [4.78, 5) is 17.4. The highest BCUT2D eigenvalue weighted by Gasteiger charge is 2.27. The number of pyridine rings is 1. The number of aliphatic hydroxyl groups is 1. The van der Waals surface area contributed by atoms with E-state index in [-0.39, 0.29) is 12.1 Å². The lowest BCUT2D eigenvalue weighted by Gasteiger charge is -2.22. The predicted octanol–water partition coefficient (Wildman–Crippen LogP) is 2.69. The molecule has 0 saturated heterocycles. The second kappa shape index (κ2) is 10.7. The minimum Gasteiger partial charge on any atom is -0.387 e. The van der Waals surface area contributed by atoms with Crippen LogP contribution in [0.25, 0.3) is 16.9 Å². The van der Waals surface area contributed by atoms with E-state index >= 15 is 0 Å². The number of nitrogens with one attached hydrogen (secondary N) is 2. The monoisotopic (exact) mass is 506 g/mol. The van der Waals surface area contributed by atoms with Gasteiger partial charge in [-0.2, -0.15) is 15.5 Å². The molecule has 0 aromatic carbocycles. The largest absolute Gasteiger partial charge is 0.387 e. The fourth-order valence-electron chi connectivity index (χ4n) is 3.55. The molecule has 192 valence electrons. The summed E-state index contributed by atoms with van der Waals surface area (Å²) < 4.78 is 22.7. The van der Waals surface area contributed by atoms with Gasteiger partial charge in [0, 0.05) is 19.5 Å². The molecule has 0 radical (unpaired) electrons. The number of rotatable bonds is 10. The second-order valence-corrected chi connectivity index (χ2v) is 8.97. The number of nitriles is 1. The van der Waals surface area contributed by atoms with Crippen molar-refractivity contribution in [1.82, 2.24) is 29.7 Å². The number of ether oxygens (including phenoxy) is 1. The first-order valence-electron chi connectivity index (χ1n) is 11.5. The molecule has 3 N–H and O–H groups in total. The van der Waals surface area contributed by atoms with Gasteiger partial charge in [0.2, 0.25) is 0 Å². The molecule has 4 heterocycles. The smallest absolute Gasteiger partial charge is 0.255 e. The average molecular weight is 507 g/mol. The molecule has 0 unspecified atom stereocenters. The van der Waals surface area contributed by atoms with Crippen molar-refractivity contribution in [2.45, 2.75) is 32.2 Å². The number of alkyl halides is 1. The van der Waals surface area contributed by atoms with Gasteiger partial charge in [-0.1, -0.05) is 0 Å². The Morgan fingerprint density at radius 2 is 2.08 bits per heavy atom. The lowest BCUT2D eigenvalue weighted by molar-refractivity contribution is -0.00177. The van der Waals surface area contributed by atoms with E-state index in [1.54, 1.807) is 40.8 Å². The fourth-order valence-corrected chi connectivity index (χ4v) is 3.55. The van der Waals surface area contributed by atoms with Crippen molar-refractivity contribution in [3.05, 3.63) is 60.2 Å². The molecule has 0 bridgehead atoms. The highest BCUT2D eigenvalue weighted by Crippen LogP contribution is 2.27. The third kappa shape index (κ3) is 5.91. The van der Waals surface area contributed by atoms with Gasteiger partial charge in [-0.05, 0) is 38.1 Å². The topological polar surface area (TPSA) is 142 Å². The molecule has 4 aromatic rings. The summed E-state index contributed by atoms with van der Waals surface area (Å²) in [6.07, 6.45) is 4.58. The molecule has 0 fully saturated rings. The highest BCUT2D eigenvalue weighted by atomic mass is 19.1. The van der Waals surface area contributed by atoms with Gasteiger partial charge in [0.15, 0.2) is 0 Å². The van der Waals surface area contributed by atoms with E-state index in [1.807, 2.05) is 12.1 Å². The zero-order chi connectivity index (χ0) is 26.6. The molecule has 37 heavy (non-hydrogen) atoms. The maximum atomic E-state index is 14.2. The molecule has 1 atom stereocenters. The number of aromatic nitrogens is 5. The minimum atomic E-state index is -1.66. The van der Waals surface area contributed by atoms with E-state index in [4.69, 9.17) is 10.00 Å². The van der Waals surface area contributed by atoms with Crippen LogP contribution in [-0.4, -0.2) is 67.4 Å². The molecule has 0 saturated carbocycles. The Bertz CT molecular complexity index is 1450. The molecular formula is C25H27FN8O3. The van der Waals surface area contributed by atoms with Crippen LogP contribution in [0, 0.1) is 11.3 Å².